The number of hydrogen-bond donors (Lipinski definition) is 1. The lowest BCUT2D eigenvalue weighted by Crippen LogP contribution is -2.36. The van der Waals surface area contributed by atoms with E-state index in [-0.39, 0.29) is 5.78 Å². The van der Waals surface area contributed by atoms with Crippen molar-refractivity contribution in [3.63, 3.8) is 0 Å². The SMILES string of the molecule is O=C(C=Cc1cccc(N2CCOCC2)n1)c1ccc(N(C(=O)O)n2cncn2)cc1. The number of pyridine rings is 1. The number of carbonyl (C=O) groups is 2. The van der Waals surface area contributed by atoms with Crippen LogP contribution in [0.2, 0.25) is 0 Å². The van der Waals surface area contributed by atoms with Gasteiger partial charge in [0, 0.05) is 18.7 Å². The number of carboxylic acid groups (broad SMARTS) is 1. The average molecular weight is 420 g/mol. The van der Waals surface area contributed by atoms with Crippen LogP contribution in [0, 0.1) is 0 Å². The summed E-state index contributed by atoms with van der Waals surface area (Å²) in [5.74, 6) is 0.636. The maximum atomic E-state index is 12.5. The molecule has 1 aliphatic rings. The second-order valence-corrected chi connectivity index (χ2v) is 6.67. The quantitative estimate of drug-likeness (QED) is 0.478. The number of allylic oxidation sites excluding steroid dienone is 1. The van der Waals surface area contributed by atoms with Crippen LogP contribution in [-0.4, -0.2) is 63.1 Å². The van der Waals surface area contributed by atoms with Crippen LogP contribution >= 0.6 is 0 Å². The predicted octanol–water partition coefficient (Wildman–Crippen LogP) is 2.35. The first-order chi connectivity index (χ1) is 15.1. The molecular formula is C21H20N6O4. The van der Waals surface area contributed by atoms with Crippen LogP contribution in [-0.2, 0) is 4.74 Å². The number of morpholine rings is 1. The van der Waals surface area contributed by atoms with Crippen molar-refractivity contribution in [1.82, 2.24) is 19.9 Å². The number of ether oxygens (including phenoxy) is 1. The summed E-state index contributed by atoms with van der Waals surface area (Å²) in [6.45, 7) is 2.92. The highest BCUT2D eigenvalue weighted by molar-refractivity contribution is 6.07. The zero-order valence-electron chi connectivity index (χ0n) is 16.5. The number of carbonyl (C=O) groups excluding carboxylic acids is 1. The van der Waals surface area contributed by atoms with Crippen molar-refractivity contribution in [3.05, 3.63) is 72.5 Å². The van der Waals surface area contributed by atoms with Crippen molar-refractivity contribution in [2.24, 2.45) is 0 Å². The van der Waals surface area contributed by atoms with Gasteiger partial charge in [-0.15, -0.1) is 9.89 Å². The summed E-state index contributed by atoms with van der Waals surface area (Å²) >= 11 is 0. The van der Waals surface area contributed by atoms with Crippen LogP contribution in [0.4, 0.5) is 16.3 Å². The van der Waals surface area contributed by atoms with E-state index < -0.39 is 6.09 Å². The number of ketones is 1. The molecule has 158 valence electrons. The fourth-order valence-corrected chi connectivity index (χ4v) is 3.15. The minimum absolute atomic E-state index is 0.215. The highest BCUT2D eigenvalue weighted by Gasteiger charge is 2.17. The number of aromatic nitrogens is 4. The molecule has 0 unspecified atom stereocenters. The molecule has 1 N–H and O–H groups in total. The van der Waals surface area contributed by atoms with E-state index in [1.807, 2.05) is 18.2 Å². The lowest BCUT2D eigenvalue weighted by molar-refractivity contribution is 0.104. The van der Waals surface area contributed by atoms with Gasteiger partial charge in [0.2, 0.25) is 0 Å². The Morgan fingerprint density at radius 1 is 1.10 bits per heavy atom. The molecule has 0 spiro atoms. The third kappa shape index (κ3) is 4.75. The molecule has 0 radical (unpaired) electrons. The van der Waals surface area contributed by atoms with Gasteiger partial charge in [-0.2, -0.15) is 5.01 Å². The van der Waals surface area contributed by atoms with Crippen LogP contribution in [0.1, 0.15) is 16.1 Å². The molecule has 1 aromatic carbocycles. The highest BCUT2D eigenvalue weighted by Crippen LogP contribution is 2.18. The minimum atomic E-state index is -1.23. The van der Waals surface area contributed by atoms with E-state index in [9.17, 15) is 14.7 Å². The van der Waals surface area contributed by atoms with Gasteiger partial charge in [-0.3, -0.25) is 4.79 Å². The number of anilines is 2. The fraction of sp³-hybridized carbons (Fsp3) is 0.190. The zero-order chi connectivity index (χ0) is 21.6. The predicted molar refractivity (Wildman–Crippen MR) is 113 cm³/mol. The Hall–Kier alpha value is -4.05. The summed E-state index contributed by atoms with van der Waals surface area (Å²) in [7, 11) is 0. The molecule has 0 aliphatic carbocycles. The first kappa shape index (κ1) is 20.2. The van der Waals surface area contributed by atoms with Crippen molar-refractivity contribution < 1.29 is 19.4 Å². The largest absolute Gasteiger partial charge is 0.463 e. The fourth-order valence-electron chi connectivity index (χ4n) is 3.15. The van der Waals surface area contributed by atoms with Crippen molar-refractivity contribution in [2.45, 2.75) is 0 Å². The van der Waals surface area contributed by atoms with Gasteiger partial charge in [-0.05, 0) is 48.6 Å². The molecule has 0 saturated carbocycles. The standard InChI is InChI=1S/C21H20N6O4/c28-19(9-6-17-2-1-3-20(24-17)25-10-12-31-13-11-25)16-4-7-18(8-5-16)27(21(29)30)26-15-22-14-23-26/h1-9,14-15H,10-13H2,(H,29,30). The molecule has 31 heavy (non-hydrogen) atoms. The van der Waals surface area contributed by atoms with E-state index in [1.165, 1.54) is 30.9 Å². The summed E-state index contributed by atoms with van der Waals surface area (Å²) in [4.78, 5) is 35.7. The Kier molecular flexibility index (Phi) is 5.99. The lowest BCUT2D eigenvalue weighted by Gasteiger charge is -2.27. The Bertz CT molecular complexity index is 1080. The zero-order valence-corrected chi connectivity index (χ0v) is 16.5. The maximum Gasteiger partial charge on any atom is 0.432 e. The second-order valence-electron chi connectivity index (χ2n) is 6.67. The van der Waals surface area contributed by atoms with Crippen molar-refractivity contribution in [2.75, 3.05) is 36.2 Å². The first-order valence-electron chi connectivity index (χ1n) is 9.62. The molecule has 1 saturated heterocycles. The van der Waals surface area contributed by atoms with E-state index in [2.05, 4.69) is 20.0 Å². The van der Waals surface area contributed by atoms with Crippen LogP contribution in [0.3, 0.4) is 0 Å². The summed E-state index contributed by atoms with van der Waals surface area (Å²) in [6.07, 6.45) is 4.40. The number of amides is 1. The smallest absolute Gasteiger partial charge is 0.432 e. The third-order valence-corrected chi connectivity index (χ3v) is 4.69. The Morgan fingerprint density at radius 3 is 2.55 bits per heavy atom. The topological polar surface area (TPSA) is 114 Å². The van der Waals surface area contributed by atoms with E-state index in [0.29, 0.717) is 30.2 Å². The molecule has 2 aromatic heterocycles. The molecule has 10 nitrogen and oxygen atoms in total. The van der Waals surface area contributed by atoms with Gasteiger partial charge in [-0.1, -0.05) is 6.07 Å². The highest BCUT2D eigenvalue weighted by atomic mass is 16.5. The first-order valence-corrected chi connectivity index (χ1v) is 9.62. The second kappa shape index (κ2) is 9.18. The number of benzene rings is 1. The number of hydrogen-bond acceptors (Lipinski definition) is 7. The van der Waals surface area contributed by atoms with Gasteiger partial charge in [-0.25, -0.2) is 14.8 Å². The molecule has 0 atom stereocenters. The molecule has 10 heteroatoms. The van der Waals surface area contributed by atoms with E-state index in [1.54, 1.807) is 18.2 Å². The van der Waals surface area contributed by atoms with Gasteiger partial charge in [0.25, 0.3) is 0 Å². The van der Waals surface area contributed by atoms with Crippen LogP contribution in [0.15, 0.2) is 61.2 Å². The molecule has 1 fully saturated rings. The van der Waals surface area contributed by atoms with Gasteiger partial charge in [0.15, 0.2) is 5.78 Å². The van der Waals surface area contributed by atoms with Gasteiger partial charge in [0.1, 0.15) is 18.5 Å². The normalized spacial score (nSPS) is 14.0. The number of nitrogens with zero attached hydrogens (tertiary/aromatic N) is 6. The summed E-state index contributed by atoms with van der Waals surface area (Å²) in [5, 5.41) is 14.2. The molecule has 3 heterocycles. The van der Waals surface area contributed by atoms with Crippen LogP contribution in [0.5, 0.6) is 0 Å². The summed E-state index contributed by atoms with van der Waals surface area (Å²) < 4.78 is 5.37. The molecule has 1 amide bonds. The molecule has 0 bridgehead atoms. The van der Waals surface area contributed by atoms with Gasteiger partial charge < -0.3 is 14.7 Å². The lowest BCUT2D eigenvalue weighted by atomic mass is 10.1. The molecule has 3 aromatic rings. The van der Waals surface area contributed by atoms with Crippen LogP contribution < -0.4 is 9.91 Å². The maximum absolute atomic E-state index is 12.5. The molecule has 1 aliphatic heterocycles. The monoisotopic (exact) mass is 420 g/mol. The minimum Gasteiger partial charge on any atom is -0.463 e. The van der Waals surface area contributed by atoms with E-state index in [4.69, 9.17) is 4.74 Å². The van der Waals surface area contributed by atoms with Crippen molar-refractivity contribution in [3.8, 4) is 0 Å². The Balaban J connectivity index is 1.46. The van der Waals surface area contributed by atoms with E-state index in [0.717, 1.165) is 28.7 Å². The summed E-state index contributed by atoms with van der Waals surface area (Å²) in [5.41, 5.74) is 1.43. The number of rotatable bonds is 6. The van der Waals surface area contributed by atoms with Gasteiger partial charge >= 0.3 is 6.09 Å². The Labute approximate surface area is 178 Å². The third-order valence-electron chi connectivity index (χ3n) is 4.69. The van der Waals surface area contributed by atoms with Gasteiger partial charge in [0.05, 0.1) is 24.6 Å². The average Bonchev–Trinajstić information content (AvgIpc) is 3.33. The molecular weight excluding hydrogens is 400 g/mol. The van der Waals surface area contributed by atoms with E-state index >= 15 is 0 Å². The van der Waals surface area contributed by atoms with Crippen molar-refractivity contribution in [1.29, 1.82) is 0 Å². The van der Waals surface area contributed by atoms with Crippen LogP contribution in [0.25, 0.3) is 6.08 Å². The summed E-state index contributed by atoms with van der Waals surface area (Å²) in [6, 6.07) is 11.9. The molecule has 4 rings (SSSR count). The Morgan fingerprint density at radius 2 is 1.87 bits per heavy atom. The van der Waals surface area contributed by atoms with Crippen molar-refractivity contribution >= 4 is 29.5 Å².